The van der Waals surface area contributed by atoms with Crippen molar-refractivity contribution in [2.24, 2.45) is 0 Å². The molecule has 1 aromatic heterocycles. The fourth-order valence-electron chi connectivity index (χ4n) is 2.17. The zero-order valence-corrected chi connectivity index (χ0v) is 14.7. The van der Waals surface area contributed by atoms with Gasteiger partial charge in [0.25, 0.3) is 0 Å². The van der Waals surface area contributed by atoms with E-state index in [2.05, 4.69) is 9.72 Å². The van der Waals surface area contributed by atoms with Gasteiger partial charge in [-0.1, -0.05) is 35.3 Å². The summed E-state index contributed by atoms with van der Waals surface area (Å²) in [6, 6.07) is 14.1. The minimum absolute atomic E-state index is 0.309. The molecular weight excluding hydrogens is 361 g/mol. The average molecular weight is 374 g/mol. The smallest absolute Gasteiger partial charge is 0.337 e. The lowest BCUT2D eigenvalue weighted by Crippen LogP contribution is -2.00. The second-order valence-corrected chi connectivity index (χ2v) is 5.99. The molecule has 0 radical (unpaired) electrons. The molecule has 0 fully saturated rings. The number of ether oxygens (including phenoxy) is 1. The Morgan fingerprint density at radius 1 is 1.12 bits per heavy atom. The molecule has 3 aromatic rings. The van der Waals surface area contributed by atoms with Crippen molar-refractivity contribution in [3.63, 3.8) is 0 Å². The highest BCUT2D eigenvalue weighted by Crippen LogP contribution is 2.27. The summed E-state index contributed by atoms with van der Waals surface area (Å²) in [6.45, 7) is 0. The molecule has 0 spiro atoms. The molecular formula is C19H13Cl2NO3. The van der Waals surface area contributed by atoms with Gasteiger partial charge in [-0.15, -0.1) is 0 Å². The molecule has 0 aliphatic rings. The Morgan fingerprint density at radius 3 is 2.44 bits per heavy atom. The van der Waals surface area contributed by atoms with E-state index in [0.29, 0.717) is 27.3 Å². The van der Waals surface area contributed by atoms with Crippen molar-refractivity contribution in [1.82, 2.24) is 4.98 Å². The second-order valence-electron chi connectivity index (χ2n) is 5.14. The Morgan fingerprint density at radius 2 is 1.80 bits per heavy atom. The summed E-state index contributed by atoms with van der Waals surface area (Å²) >= 11 is 12.2. The third kappa shape index (κ3) is 4.10. The molecule has 4 nitrogen and oxygen atoms in total. The quantitative estimate of drug-likeness (QED) is 0.565. The van der Waals surface area contributed by atoms with E-state index < -0.39 is 0 Å². The Kier molecular flexibility index (Phi) is 5.22. The van der Waals surface area contributed by atoms with Crippen molar-refractivity contribution in [1.29, 1.82) is 0 Å². The summed E-state index contributed by atoms with van der Waals surface area (Å²) in [7, 11) is 1.34. The summed E-state index contributed by atoms with van der Waals surface area (Å²) < 4.78 is 10.4. The molecule has 0 amide bonds. The van der Waals surface area contributed by atoms with Crippen LogP contribution in [0.25, 0.3) is 22.4 Å². The highest BCUT2D eigenvalue weighted by molar-refractivity contribution is 6.50. The molecule has 1 heterocycles. The van der Waals surface area contributed by atoms with Crippen LogP contribution in [0.5, 0.6) is 0 Å². The first-order valence-electron chi connectivity index (χ1n) is 7.34. The van der Waals surface area contributed by atoms with Crippen LogP contribution in [0.4, 0.5) is 0 Å². The maximum atomic E-state index is 11.4. The molecule has 0 saturated carbocycles. The number of rotatable bonds is 4. The van der Waals surface area contributed by atoms with Crippen molar-refractivity contribution < 1.29 is 13.9 Å². The molecule has 126 valence electrons. The van der Waals surface area contributed by atoms with Crippen molar-refractivity contribution in [3.05, 3.63) is 76.8 Å². The third-order valence-corrected chi connectivity index (χ3v) is 3.99. The van der Waals surface area contributed by atoms with Crippen LogP contribution in [-0.4, -0.2) is 18.1 Å². The summed E-state index contributed by atoms with van der Waals surface area (Å²) in [6.07, 6.45) is 3.31. The van der Waals surface area contributed by atoms with Crippen molar-refractivity contribution in [2.75, 3.05) is 7.11 Å². The largest absolute Gasteiger partial charge is 0.465 e. The zero-order chi connectivity index (χ0) is 17.8. The molecule has 3 rings (SSSR count). The molecule has 25 heavy (non-hydrogen) atoms. The fraction of sp³-hybridized carbons (Fsp3) is 0.0526. The van der Waals surface area contributed by atoms with E-state index in [9.17, 15) is 4.79 Å². The Bertz CT molecular complexity index is 913. The monoisotopic (exact) mass is 373 g/mol. The lowest BCUT2D eigenvalue weighted by molar-refractivity contribution is 0.0600. The first kappa shape index (κ1) is 17.3. The molecule has 0 unspecified atom stereocenters. The molecule has 0 bridgehead atoms. The van der Waals surface area contributed by atoms with E-state index in [4.69, 9.17) is 27.6 Å². The van der Waals surface area contributed by atoms with E-state index in [0.717, 1.165) is 11.1 Å². The Labute approximate surface area is 154 Å². The van der Waals surface area contributed by atoms with Crippen molar-refractivity contribution >= 4 is 40.3 Å². The van der Waals surface area contributed by atoms with Crippen LogP contribution < -0.4 is 0 Å². The van der Waals surface area contributed by atoms with Crippen LogP contribution in [0, 0.1) is 0 Å². The maximum Gasteiger partial charge on any atom is 0.337 e. The normalized spacial score (nSPS) is 11.4. The van der Waals surface area contributed by atoms with Gasteiger partial charge in [0, 0.05) is 10.6 Å². The first-order chi connectivity index (χ1) is 12.1. The van der Waals surface area contributed by atoms with Gasteiger partial charge >= 0.3 is 5.97 Å². The van der Waals surface area contributed by atoms with E-state index in [1.165, 1.54) is 7.11 Å². The number of oxazole rings is 1. The lowest BCUT2D eigenvalue weighted by atomic mass is 10.1. The highest BCUT2D eigenvalue weighted by atomic mass is 35.5. The first-order valence-corrected chi connectivity index (χ1v) is 8.10. The number of hydrogen-bond donors (Lipinski definition) is 0. The molecule has 0 saturated heterocycles. The van der Waals surface area contributed by atoms with Crippen LogP contribution in [0.1, 0.15) is 21.8 Å². The molecule has 6 heteroatoms. The number of methoxy groups -OCH3 is 1. The topological polar surface area (TPSA) is 52.3 Å². The van der Waals surface area contributed by atoms with Gasteiger partial charge in [-0.2, -0.15) is 0 Å². The predicted octanol–water partition coefficient (Wildman–Crippen LogP) is 5.52. The molecule has 0 N–H and O–H groups in total. The number of halogens is 2. The van der Waals surface area contributed by atoms with Gasteiger partial charge in [-0.05, 0) is 48.0 Å². The van der Waals surface area contributed by atoms with Crippen LogP contribution in [-0.2, 0) is 4.74 Å². The number of carbonyl (C=O) groups excluding carboxylic acids is 1. The average Bonchev–Trinajstić information content (AvgIpc) is 3.12. The number of hydrogen-bond acceptors (Lipinski definition) is 4. The van der Waals surface area contributed by atoms with Crippen LogP contribution in [0.2, 0.25) is 5.02 Å². The SMILES string of the molecule is COC(=O)c1ccc(/C=C(/Cl)c2ncc(-c3ccc(Cl)cc3)o2)cc1. The van der Waals surface area contributed by atoms with E-state index in [1.54, 1.807) is 48.7 Å². The number of nitrogens with zero attached hydrogens (tertiary/aromatic N) is 1. The Balaban J connectivity index is 1.81. The number of carbonyl (C=O) groups is 1. The second kappa shape index (κ2) is 7.55. The standard InChI is InChI=1S/C19H13Cl2NO3/c1-24-19(23)14-4-2-12(3-5-14)10-16(21)18-22-11-17(25-18)13-6-8-15(20)9-7-13/h2-11H,1H3/b16-10+. The van der Waals surface area contributed by atoms with Crippen LogP contribution in [0.15, 0.2) is 59.1 Å². The zero-order valence-electron chi connectivity index (χ0n) is 13.2. The van der Waals surface area contributed by atoms with Gasteiger partial charge in [-0.25, -0.2) is 9.78 Å². The molecule has 0 aliphatic heterocycles. The summed E-state index contributed by atoms with van der Waals surface area (Å²) in [5.74, 6) is 0.518. The van der Waals surface area contributed by atoms with Gasteiger partial charge in [0.05, 0.1) is 18.9 Å². The minimum Gasteiger partial charge on any atom is -0.465 e. The van der Waals surface area contributed by atoms with Gasteiger partial charge in [0.1, 0.15) is 5.03 Å². The van der Waals surface area contributed by atoms with Crippen LogP contribution >= 0.6 is 23.2 Å². The number of benzene rings is 2. The lowest BCUT2D eigenvalue weighted by Gasteiger charge is -2.00. The fourth-order valence-corrected chi connectivity index (χ4v) is 2.51. The summed E-state index contributed by atoms with van der Waals surface area (Å²) in [4.78, 5) is 15.6. The highest BCUT2D eigenvalue weighted by Gasteiger charge is 2.10. The summed E-state index contributed by atoms with van der Waals surface area (Å²) in [5.41, 5.74) is 2.14. The van der Waals surface area contributed by atoms with Crippen LogP contribution in [0.3, 0.4) is 0 Å². The summed E-state index contributed by atoms with van der Waals surface area (Å²) in [5, 5.41) is 1.00. The van der Waals surface area contributed by atoms with Gasteiger partial charge in [0.2, 0.25) is 5.89 Å². The van der Waals surface area contributed by atoms with Gasteiger partial charge in [-0.3, -0.25) is 0 Å². The third-order valence-electron chi connectivity index (χ3n) is 3.46. The minimum atomic E-state index is -0.387. The number of aromatic nitrogens is 1. The van der Waals surface area contributed by atoms with Crippen molar-refractivity contribution in [3.8, 4) is 11.3 Å². The van der Waals surface area contributed by atoms with Crippen molar-refractivity contribution in [2.45, 2.75) is 0 Å². The van der Waals surface area contributed by atoms with E-state index in [1.807, 2.05) is 12.1 Å². The van der Waals surface area contributed by atoms with Gasteiger partial charge < -0.3 is 9.15 Å². The molecule has 0 atom stereocenters. The Hall–Kier alpha value is -2.56. The molecule has 0 aliphatic carbocycles. The van der Waals surface area contributed by atoms with Gasteiger partial charge in [0.15, 0.2) is 5.76 Å². The van der Waals surface area contributed by atoms with E-state index >= 15 is 0 Å². The number of esters is 1. The van der Waals surface area contributed by atoms with E-state index in [-0.39, 0.29) is 5.97 Å². The molecule has 2 aromatic carbocycles. The predicted molar refractivity (Wildman–Crippen MR) is 98.5 cm³/mol. The maximum absolute atomic E-state index is 11.4.